The van der Waals surface area contributed by atoms with Gasteiger partial charge in [0.1, 0.15) is 6.04 Å². The van der Waals surface area contributed by atoms with Crippen LogP contribution in [0.2, 0.25) is 0 Å². The number of benzene rings is 1. The van der Waals surface area contributed by atoms with Crippen molar-refractivity contribution >= 4 is 5.91 Å². The first kappa shape index (κ1) is 16.6. The lowest BCUT2D eigenvalue weighted by atomic mass is 10.1. The quantitative estimate of drug-likeness (QED) is 0.857. The lowest BCUT2D eigenvalue weighted by Crippen LogP contribution is -2.55. The van der Waals surface area contributed by atoms with Crippen LogP contribution in [0.25, 0.3) is 0 Å². The third-order valence-electron chi connectivity index (χ3n) is 3.87. The lowest BCUT2D eigenvalue weighted by molar-refractivity contribution is -0.129. The van der Waals surface area contributed by atoms with Gasteiger partial charge in [0.15, 0.2) is 11.5 Å². The highest BCUT2D eigenvalue weighted by Gasteiger charge is 2.29. The fourth-order valence-electron chi connectivity index (χ4n) is 2.54. The molecule has 6 heteroatoms. The minimum absolute atomic E-state index is 0.0607. The smallest absolute Gasteiger partial charge is 0.240 e. The molecule has 1 saturated heterocycles. The van der Waals surface area contributed by atoms with E-state index in [9.17, 15) is 4.79 Å². The highest BCUT2D eigenvalue weighted by molar-refractivity contribution is 5.83. The van der Waals surface area contributed by atoms with Crippen molar-refractivity contribution in [3.63, 3.8) is 0 Å². The van der Waals surface area contributed by atoms with Gasteiger partial charge in [-0.2, -0.15) is 0 Å². The van der Waals surface area contributed by atoms with Crippen LogP contribution in [0, 0.1) is 0 Å². The van der Waals surface area contributed by atoms with Crippen molar-refractivity contribution in [2.75, 3.05) is 27.4 Å². The summed E-state index contributed by atoms with van der Waals surface area (Å²) in [6.45, 7) is 5.16. The summed E-state index contributed by atoms with van der Waals surface area (Å²) in [7, 11) is 3.19. The zero-order valence-corrected chi connectivity index (χ0v) is 13.5. The van der Waals surface area contributed by atoms with Crippen molar-refractivity contribution in [1.82, 2.24) is 10.6 Å². The average Bonchev–Trinajstić information content (AvgIpc) is 2.54. The molecule has 122 valence electrons. The molecule has 2 rings (SSSR count). The summed E-state index contributed by atoms with van der Waals surface area (Å²) in [6.07, 6.45) is -0.133. The first-order valence-corrected chi connectivity index (χ1v) is 7.44. The van der Waals surface area contributed by atoms with E-state index >= 15 is 0 Å². The van der Waals surface area contributed by atoms with Crippen molar-refractivity contribution in [1.29, 1.82) is 0 Å². The maximum atomic E-state index is 12.4. The predicted octanol–water partition coefficient (Wildman–Crippen LogP) is 1.26. The zero-order valence-electron chi connectivity index (χ0n) is 13.5. The van der Waals surface area contributed by atoms with Gasteiger partial charge < -0.3 is 24.8 Å². The fourth-order valence-corrected chi connectivity index (χ4v) is 2.54. The largest absolute Gasteiger partial charge is 0.493 e. The van der Waals surface area contributed by atoms with E-state index in [0.717, 1.165) is 5.56 Å². The third kappa shape index (κ3) is 3.69. The average molecular weight is 308 g/mol. The molecule has 22 heavy (non-hydrogen) atoms. The molecule has 0 spiro atoms. The number of amides is 1. The van der Waals surface area contributed by atoms with Gasteiger partial charge in [-0.3, -0.25) is 4.79 Å². The Morgan fingerprint density at radius 3 is 2.73 bits per heavy atom. The first-order chi connectivity index (χ1) is 10.6. The van der Waals surface area contributed by atoms with E-state index in [0.29, 0.717) is 24.7 Å². The maximum absolute atomic E-state index is 12.4. The molecule has 1 heterocycles. The minimum atomic E-state index is -0.323. The molecule has 1 aliphatic heterocycles. The molecule has 2 N–H and O–H groups in total. The SMILES string of the molecule is COc1ccc(C(C)NC(=O)[C@H]2NCCO[C@@H]2C)cc1OC. The van der Waals surface area contributed by atoms with Crippen LogP contribution in [0.4, 0.5) is 0 Å². The van der Waals surface area contributed by atoms with Crippen LogP contribution in [0.3, 0.4) is 0 Å². The standard InChI is InChI=1S/C16H24N2O4/c1-10(12-5-6-13(20-3)14(9-12)21-4)18-16(19)15-11(2)22-8-7-17-15/h5-6,9-11,15,17H,7-8H2,1-4H3,(H,18,19)/t10?,11-,15+/m1/s1. The lowest BCUT2D eigenvalue weighted by Gasteiger charge is -2.30. The molecule has 0 aromatic heterocycles. The summed E-state index contributed by atoms with van der Waals surface area (Å²) >= 11 is 0. The Morgan fingerprint density at radius 1 is 1.36 bits per heavy atom. The Hall–Kier alpha value is -1.79. The molecule has 0 aliphatic carbocycles. The number of carbonyl (C=O) groups is 1. The second-order valence-corrected chi connectivity index (χ2v) is 5.35. The van der Waals surface area contributed by atoms with Crippen molar-refractivity contribution in [3.05, 3.63) is 23.8 Å². The molecule has 1 aliphatic rings. The molecule has 0 radical (unpaired) electrons. The van der Waals surface area contributed by atoms with E-state index in [1.165, 1.54) is 0 Å². The highest BCUT2D eigenvalue weighted by atomic mass is 16.5. The van der Waals surface area contributed by atoms with Gasteiger partial charge >= 0.3 is 0 Å². The summed E-state index contributed by atoms with van der Waals surface area (Å²) < 4.78 is 16.0. The van der Waals surface area contributed by atoms with Crippen LogP contribution in [0.15, 0.2) is 18.2 Å². The van der Waals surface area contributed by atoms with Crippen LogP contribution < -0.4 is 20.1 Å². The molecule has 0 saturated carbocycles. The molecule has 1 aromatic rings. The number of ether oxygens (including phenoxy) is 3. The van der Waals surface area contributed by atoms with Gasteiger partial charge in [-0.1, -0.05) is 6.07 Å². The van der Waals surface area contributed by atoms with Gasteiger partial charge in [0.25, 0.3) is 0 Å². The number of hydrogen-bond donors (Lipinski definition) is 2. The molecule has 0 bridgehead atoms. The monoisotopic (exact) mass is 308 g/mol. The molecule has 1 aromatic carbocycles. The van der Waals surface area contributed by atoms with Gasteiger partial charge in [0.05, 0.1) is 33.0 Å². The Bertz CT molecular complexity index is 521. The summed E-state index contributed by atoms with van der Waals surface area (Å²) in [5.74, 6) is 1.25. The molecule has 6 nitrogen and oxygen atoms in total. The van der Waals surface area contributed by atoms with E-state index < -0.39 is 0 Å². The number of morpholine rings is 1. The van der Waals surface area contributed by atoms with E-state index in [1.54, 1.807) is 14.2 Å². The van der Waals surface area contributed by atoms with Crippen LogP contribution in [0.5, 0.6) is 11.5 Å². The number of carbonyl (C=O) groups excluding carboxylic acids is 1. The second-order valence-electron chi connectivity index (χ2n) is 5.35. The van der Waals surface area contributed by atoms with Crippen molar-refractivity contribution in [2.24, 2.45) is 0 Å². The van der Waals surface area contributed by atoms with E-state index in [1.807, 2.05) is 32.0 Å². The van der Waals surface area contributed by atoms with Crippen molar-refractivity contribution < 1.29 is 19.0 Å². The normalized spacial score (nSPS) is 22.7. The number of rotatable bonds is 5. The summed E-state index contributed by atoms with van der Waals surface area (Å²) in [5, 5.41) is 6.19. The topological polar surface area (TPSA) is 68.8 Å². The van der Waals surface area contributed by atoms with Crippen LogP contribution in [-0.4, -0.2) is 45.4 Å². The molecular weight excluding hydrogens is 284 g/mol. The van der Waals surface area contributed by atoms with Crippen LogP contribution >= 0.6 is 0 Å². The summed E-state index contributed by atoms with van der Waals surface area (Å²) in [6, 6.07) is 5.17. The Balaban J connectivity index is 2.05. The van der Waals surface area contributed by atoms with Gasteiger partial charge in [0, 0.05) is 6.54 Å². The van der Waals surface area contributed by atoms with Crippen molar-refractivity contribution in [3.8, 4) is 11.5 Å². The summed E-state index contributed by atoms with van der Waals surface area (Å²) in [5.41, 5.74) is 0.954. The van der Waals surface area contributed by atoms with Crippen LogP contribution in [-0.2, 0) is 9.53 Å². The van der Waals surface area contributed by atoms with E-state index in [-0.39, 0.29) is 24.1 Å². The van der Waals surface area contributed by atoms with Gasteiger partial charge in [-0.15, -0.1) is 0 Å². The summed E-state index contributed by atoms with van der Waals surface area (Å²) in [4.78, 5) is 12.4. The van der Waals surface area contributed by atoms with Gasteiger partial charge in [0.2, 0.25) is 5.91 Å². The van der Waals surface area contributed by atoms with E-state index in [4.69, 9.17) is 14.2 Å². The van der Waals surface area contributed by atoms with Gasteiger partial charge in [-0.25, -0.2) is 0 Å². The number of nitrogens with one attached hydrogen (secondary N) is 2. The molecule has 3 atom stereocenters. The van der Waals surface area contributed by atoms with Gasteiger partial charge in [-0.05, 0) is 31.5 Å². The number of methoxy groups -OCH3 is 2. The zero-order chi connectivity index (χ0) is 16.1. The third-order valence-corrected chi connectivity index (χ3v) is 3.87. The Morgan fingerprint density at radius 2 is 2.09 bits per heavy atom. The Labute approximate surface area is 131 Å². The Kier molecular flexibility index (Phi) is 5.63. The second kappa shape index (κ2) is 7.47. The molecule has 1 fully saturated rings. The predicted molar refractivity (Wildman–Crippen MR) is 83.3 cm³/mol. The number of hydrogen-bond acceptors (Lipinski definition) is 5. The maximum Gasteiger partial charge on any atom is 0.240 e. The molecule has 1 amide bonds. The fraction of sp³-hybridized carbons (Fsp3) is 0.562. The van der Waals surface area contributed by atoms with E-state index in [2.05, 4.69) is 10.6 Å². The van der Waals surface area contributed by atoms with Crippen molar-refractivity contribution in [2.45, 2.75) is 32.0 Å². The highest BCUT2D eigenvalue weighted by Crippen LogP contribution is 2.29. The first-order valence-electron chi connectivity index (χ1n) is 7.44. The molecular formula is C16H24N2O4. The minimum Gasteiger partial charge on any atom is -0.493 e. The van der Waals surface area contributed by atoms with Crippen LogP contribution in [0.1, 0.15) is 25.5 Å². The molecule has 1 unspecified atom stereocenters.